The highest BCUT2D eigenvalue weighted by Crippen LogP contribution is 2.10. The first kappa shape index (κ1) is 19.8. The van der Waals surface area contributed by atoms with Crippen LogP contribution in [0.2, 0.25) is 0 Å². The van der Waals surface area contributed by atoms with E-state index in [4.69, 9.17) is 4.74 Å². The number of amides is 3. The summed E-state index contributed by atoms with van der Waals surface area (Å²) in [5.41, 5.74) is -0.134. The number of likely N-dealkylation sites (N-methyl/N-ethyl adjacent to an activating group) is 1. The van der Waals surface area contributed by atoms with Gasteiger partial charge in [-0.3, -0.25) is 0 Å². The highest BCUT2D eigenvalue weighted by atomic mass is 16.6. The van der Waals surface area contributed by atoms with Gasteiger partial charge in [0.2, 0.25) is 0 Å². The Hall–Kier alpha value is -2.24. The van der Waals surface area contributed by atoms with Gasteiger partial charge in [-0.05, 0) is 40.2 Å². The van der Waals surface area contributed by atoms with E-state index < -0.39 is 17.2 Å². The molecule has 0 aliphatic rings. The second-order valence-corrected chi connectivity index (χ2v) is 7.51. The van der Waals surface area contributed by atoms with Gasteiger partial charge in [-0.1, -0.05) is 30.3 Å². The zero-order valence-electron chi connectivity index (χ0n) is 15.5. The van der Waals surface area contributed by atoms with Crippen LogP contribution in [0.1, 0.15) is 40.2 Å². The fourth-order valence-electron chi connectivity index (χ4n) is 2.19. The summed E-state index contributed by atoms with van der Waals surface area (Å²) in [4.78, 5) is 25.6. The van der Waals surface area contributed by atoms with Gasteiger partial charge in [0.1, 0.15) is 5.60 Å². The topological polar surface area (TPSA) is 70.7 Å². The van der Waals surface area contributed by atoms with E-state index in [0.29, 0.717) is 13.1 Å². The number of nitrogens with one attached hydrogen (secondary N) is 2. The Morgan fingerprint density at radius 1 is 1.08 bits per heavy atom. The predicted molar refractivity (Wildman–Crippen MR) is 94.8 cm³/mol. The highest BCUT2D eigenvalue weighted by Gasteiger charge is 2.27. The number of hydrogen-bond acceptors (Lipinski definition) is 3. The molecule has 6 nitrogen and oxygen atoms in total. The van der Waals surface area contributed by atoms with Crippen LogP contribution >= 0.6 is 0 Å². The minimum absolute atomic E-state index is 0.196. The summed E-state index contributed by atoms with van der Waals surface area (Å²) < 4.78 is 5.25. The lowest BCUT2D eigenvalue weighted by atomic mass is 10.1. The van der Waals surface area contributed by atoms with Crippen molar-refractivity contribution < 1.29 is 14.3 Å². The predicted octanol–water partition coefficient (Wildman–Crippen LogP) is 3.13. The van der Waals surface area contributed by atoms with E-state index >= 15 is 0 Å². The van der Waals surface area contributed by atoms with Gasteiger partial charge < -0.3 is 20.3 Å². The molecule has 0 saturated heterocycles. The van der Waals surface area contributed by atoms with E-state index in [1.54, 1.807) is 11.9 Å². The summed E-state index contributed by atoms with van der Waals surface area (Å²) in [7, 11) is 1.69. The van der Waals surface area contributed by atoms with E-state index in [9.17, 15) is 9.59 Å². The number of carbonyl (C=O) groups is 2. The monoisotopic (exact) mass is 335 g/mol. The molecule has 24 heavy (non-hydrogen) atoms. The van der Waals surface area contributed by atoms with Crippen molar-refractivity contribution >= 4 is 12.1 Å². The molecule has 0 aliphatic carbocycles. The molecule has 0 aromatic heterocycles. The number of urea groups is 1. The molecule has 1 aromatic rings. The summed E-state index contributed by atoms with van der Waals surface area (Å²) in [5, 5.41) is 5.65. The lowest BCUT2D eigenvalue weighted by Crippen LogP contribution is -2.54. The Balaban J connectivity index is 2.47. The molecule has 0 radical (unpaired) electrons. The fraction of sp³-hybridized carbons (Fsp3) is 0.556. The van der Waals surface area contributed by atoms with Crippen molar-refractivity contribution in [2.75, 3.05) is 13.6 Å². The Morgan fingerprint density at radius 2 is 1.67 bits per heavy atom. The van der Waals surface area contributed by atoms with Crippen molar-refractivity contribution in [3.63, 3.8) is 0 Å². The molecule has 1 aromatic carbocycles. The van der Waals surface area contributed by atoms with Crippen molar-refractivity contribution in [3.05, 3.63) is 35.9 Å². The third-order valence-electron chi connectivity index (χ3n) is 3.11. The smallest absolute Gasteiger partial charge is 0.408 e. The van der Waals surface area contributed by atoms with Gasteiger partial charge in [0, 0.05) is 20.1 Å². The molecule has 0 aliphatic heterocycles. The standard InChI is InChI=1S/C18H29N3O3/c1-17(2,3)24-16(23)20-18(4,5)13-21(6)15(22)19-12-14-10-8-7-9-11-14/h7-11H,12-13H2,1-6H3,(H,19,22)(H,20,23). The van der Waals surface area contributed by atoms with E-state index in [-0.39, 0.29) is 6.03 Å². The maximum Gasteiger partial charge on any atom is 0.408 e. The van der Waals surface area contributed by atoms with Crippen molar-refractivity contribution in [2.45, 2.75) is 52.3 Å². The van der Waals surface area contributed by atoms with E-state index in [0.717, 1.165) is 5.56 Å². The molecule has 2 N–H and O–H groups in total. The van der Waals surface area contributed by atoms with Gasteiger partial charge in [0.05, 0.1) is 5.54 Å². The van der Waals surface area contributed by atoms with Gasteiger partial charge in [-0.2, -0.15) is 0 Å². The molecular formula is C18H29N3O3. The second-order valence-electron chi connectivity index (χ2n) is 7.51. The van der Waals surface area contributed by atoms with Crippen LogP contribution < -0.4 is 10.6 Å². The fourth-order valence-corrected chi connectivity index (χ4v) is 2.19. The number of ether oxygens (including phenoxy) is 1. The van der Waals surface area contributed by atoms with Crippen molar-refractivity contribution in [1.29, 1.82) is 0 Å². The third kappa shape index (κ3) is 7.85. The van der Waals surface area contributed by atoms with Crippen molar-refractivity contribution in [2.24, 2.45) is 0 Å². The van der Waals surface area contributed by atoms with Gasteiger partial charge in [-0.15, -0.1) is 0 Å². The average molecular weight is 335 g/mol. The van der Waals surface area contributed by atoms with Crippen LogP contribution in [0.15, 0.2) is 30.3 Å². The van der Waals surface area contributed by atoms with Crippen LogP contribution in [0.4, 0.5) is 9.59 Å². The molecule has 1 rings (SSSR count). The third-order valence-corrected chi connectivity index (χ3v) is 3.11. The Labute approximate surface area is 144 Å². The van der Waals surface area contributed by atoms with Crippen LogP contribution in [0.3, 0.4) is 0 Å². The van der Waals surface area contributed by atoms with Gasteiger partial charge in [-0.25, -0.2) is 9.59 Å². The molecule has 0 atom stereocenters. The summed E-state index contributed by atoms with van der Waals surface area (Å²) in [5.74, 6) is 0. The minimum atomic E-state index is -0.610. The zero-order valence-corrected chi connectivity index (χ0v) is 15.5. The van der Waals surface area contributed by atoms with Gasteiger partial charge >= 0.3 is 12.1 Å². The van der Waals surface area contributed by atoms with E-state index in [1.165, 1.54) is 0 Å². The van der Waals surface area contributed by atoms with Crippen molar-refractivity contribution in [1.82, 2.24) is 15.5 Å². The maximum atomic E-state index is 12.2. The Kier molecular flexibility index (Phi) is 6.63. The average Bonchev–Trinajstić information content (AvgIpc) is 2.42. The molecule has 134 valence electrons. The first-order valence-corrected chi connectivity index (χ1v) is 8.02. The SMILES string of the molecule is CN(CC(C)(C)NC(=O)OC(C)(C)C)C(=O)NCc1ccccc1. The highest BCUT2D eigenvalue weighted by molar-refractivity contribution is 5.74. The number of alkyl carbamates (subject to hydrolysis) is 1. The van der Waals surface area contributed by atoms with Crippen LogP contribution in [0.25, 0.3) is 0 Å². The van der Waals surface area contributed by atoms with E-state index in [2.05, 4.69) is 10.6 Å². The minimum Gasteiger partial charge on any atom is -0.444 e. The number of hydrogen-bond donors (Lipinski definition) is 2. The molecule has 0 spiro atoms. The molecule has 0 heterocycles. The quantitative estimate of drug-likeness (QED) is 0.868. The molecule has 0 bridgehead atoms. The lowest BCUT2D eigenvalue weighted by Gasteiger charge is -2.32. The van der Waals surface area contributed by atoms with E-state index in [1.807, 2.05) is 65.0 Å². The molecule has 6 heteroatoms. The summed E-state index contributed by atoms with van der Waals surface area (Å²) in [6.45, 7) is 9.93. The Morgan fingerprint density at radius 3 is 2.21 bits per heavy atom. The summed E-state index contributed by atoms with van der Waals surface area (Å²) >= 11 is 0. The number of nitrogens with zero attached hydrogens (tertiary/aromatic N) is 1. The normalized spacial score (nSPS) is 11.6. The van der Waals surface area contributed by atoms with Gasteiger partial charge in [0.25, 0.3) is 0 Å². The van der Waals surface area contributed by atoms with Crippen LogP contribution in [0.5, 0.6) is 0 Å². The first-order valence-electron chi connectivity index (χ1n) is 8.02. The molecule has 0 fully saturated rings. The lowest BCUT2D eigenvalue weighted by molar-refractivity contribution is 0.0458. The largest absolute Gasteiger partial charge is 0.444 e. The number of benzene rings is 1. The number of carbonyl (C=O) groups excluding carboxylic acids is 2. The van der Waals surface area contributed by atoms with Crippen molar-refractivity contribution in [3.8, 4) is 0 Å². The van der Waals surface area contributed by atoms with Gasteiger partial charge in [0.15, 0.2) is 0 Å². The molecular weight excluding hydrogens is 306 g/mol. The Bertz CT molecular complexity index is 550. The second kappa shape index (κ2) is 8.04. The molecule has 3 amide bonds. The van der Waals surface area contributed by atoms with Crippen LogP contribution in [0, 0.1) is 0 Å². The summed E-state index contributed by atoms with van der Waals surface area (Å²) in [6, 6.07) is 9.50. The molecule has 0 unspecified atom stereocenters. The first-order chi connectivity index (χ1) is 11.0. The molecule has 0 saturated carbocycles. The van der Waals surface area contributed by atoms with Crippen LogP contribution in [-0.4, -0.2) is 41.8 Å². The zero-order chi connectivity index (χ0) is 18.4. The van der Waals surface area contributed by atoms with Crippen LogP contribution in [-0.2, 0) is 11.3 Å². The maximum absolute atomic E-state index is 12.2. The summed E-state index contributed by atoms with van der Waals surface area (Å²) in [6.07, 6.45) is -0.495. The number of rotatable bonds is 5.